The largest absolute Gasteiger partial charge is 0.458 e. The van der Waals surface area contributed by atoms with E-state index in [-0.39, 0.29) is 4.90 Å². The molecule has 1 N–H and O–H groups in total. The van der Waals surface area contributed by atoms with Gasteiger partial charge in [0.1, 0.15) is 17.0 Å². The van der Waals surface area contributed by atoms with Crippen LogP contribution in [0.15, 0.2) is 106 Å². The fourth-order valence-electron chi connectivity index (χ4n) is 5.92. The molecule has 38 heavy (non-hydrogen) atoms. The number of amides is 1. The van der Waals surface area contributed by atoms with E-state index in [2.05, 4.69) is 5.32 Å². The first kappa shape index (κ1) is 23.1. The lowest BCUT2D eigenvalue weighted by atomic mass is 9.76. The molecule has 0 saturated carbocycles. The van der Waals surface area contributed by atoms with Crippen LogP contribution in [0.1, 0.15) is 28.4 Å². The zero-order chi connectivity index (χ0) is 26.2. The van der Waals surface area contributed by atoms with Gasteiger partial charge in [-0.3, -0.25) is 4.79 Å². The van der Waals surface area contributed by atoms with E-state index in [1.54, 1.807) is 48.5 Å². The van der Waals surface area contributed by atoms with E-state index >= 15 is 0 Å². The van der Waals surface area contributed by atoms with Crippen LogP contribution in [-0.4, -0.2) is 14.3 Å². The summed E-state index contributed by atoms with van der Waals surface area (Å²) in [5, 5.41) is 3.83. The highest BCUT2D eigenvalue weighted by Gasteiger charge is 2.68. The number of fused-ring (bicyclic) bond motifs is 5. The number of halogens is 1. The molecule has 7 rings (SSSR count). The maximum absolute atomic E-state index is 14.7. The van der Waals surface area contributed by atoms with Crippen molar-refractivity contribution in [1.29, 1.82) is 0 Å². The molecular formula is C30H21ClN2O4S. The van der Waals surface area contributed by atoms with Crippen molar-refractivity contribution < 1.29 is 17.6 Å². The Balaban J connectivity index is 1.66. The van der Waals surface area contributed by atoms with Gasteiger partial charge in [0.05, 0.1) is 10.8 Å². The zero-order valence-corrected chi connectivity index (χ0v) is 21.8. The maximum atomic E-state index is 14.7. The van der Waals surface area contributed by atoms with E-state index in [0.717, 1.165) is 11.1 Å². The summed E-state index contributed by atoms with van der Waals surface area (Å²) in [4.78, 5) is 14.4. The SMILES string of the molecule is Cc1ccc(S(=O)(=O)N2c3c(oc4ccccc34)[C@@H](c3ccccc3)[C@@]23C(=O)Nc2cccc(Cl)c23)cc1. The Labute approximate surface area is 224 Å². The minimum absolute atomic E-state index is 0.0701. The number of carbonyl (C=O) groups excluding carboxylic acids is 1. The fraction of sp³-hybridized carbons (Fsp3) is 0.100. The van der Waals surface area contributed by atoms with Gasteiger partial charge in [-0.1, -0.05) is 77.8 Å². The van der Waals surface area contributed by atoms with E-state index in [0.29, 0.717) is 38.7 Å². The van der Waals surface area contributed by atoms with Crippen LogP contribution in [0.3, 0.4) is 0 Å². The van der Waals surface area contributed by atoms with Crippen molar-refractivity contribution in [3.63, 3.8) is 0 Å². The highest BCUT2D eigenvalue weighted by Crippen LogP contribution is 2.64. The standard InChI is InChI=1S/C30H21ClN2O4S/c1-18-14-16-20(17-15-18)38(35,36)33-27-21-10-5-6-13-24(21)37-28(27)25(19-8-3-2-4-9-19)30(33)26-22(31)11-7-12-23(26)32-29(30)34/h2-17,25H,1H3,(H,32,34)/t25-,30-/m1/s1. The lowest BCUT2D eigenvalue weighted by molar-refractivity contribution is -0.120. The molecule has 0 saturated heterocycles. The van der Waals surface area contributed by atoms with Gasteiger partial charge >= 0.3 is 0 Å². The summed E-state index contributed by atoms with van der Waals surface area (Å²) in [6.07, 6.45) is 0. The van der Waals surface area contributed by atoms with Crippen LogP contribution in [0.25, 0.3) is 11.0 Å². The summed E-state index contributed by atoms with van der Waals surface area (Å²) < 4.78 is 37.1. The Bertz CT molecular complexity index is 1870. The molecule has 2 atom stereocenters. The van der Waals surface area contributed by atoms with Gasteiger partial charge < -0.3 is 9.73 Å². The molecule has 188 valence electrons. The number of aryl methyl sites for hydroxylation is 1. The van der Waals surface area contributed by atoms with Gasteiger partial charge in [0.15, 0.2) is 5.54 Å². The Hall–Kier alpha value is -4.07. The van der Waals surface area contributed by atoms with Gasteiger partial charge in [-0.25, -0.2) is 12.7 Å². The van der Waals surface area contributed by atoms with Crippen LogP contribution in [-0.2, 0) is 20.4 Å². The van der Waals surface area contributed by atoms with Crippen LogP contribution < -0.4 is 9.62 Å². The van der Waals surface area contributed by atoms with E-state index < -0.39 is 27.4 Å². The van der Waals surface area contributed by atoms with Gasteiger partial charge in [-0.15, -0.1) is 0 Å². The Morgan fingerprint density at radius 1 is 0.895 bits per heavy atom. The minimum Gasteiger partial charge on any atom is -0.458 e. The lowest BCUT2D eigenvalue weighted by Crippen LogP contribution is -2.54. The third-order valence-corrected chi connectivity index (χ3v) is 9.61. The molecule has 8 heteroatoms. The predicted molar refractivity (Wildman–Crippen MR) is 147 cm³/mol. The number of hydrogen-bond donors (Lipinski definition) is 1. The van der Waals surface area contributed by atoms with Crippen LogP contribution in [0, 0.1) is 6.92 Å². The van der Waals surface area contributed by atoms with Crippen molar-refractivity contribution in [2.45, 2.75) is 23.3 Å². The summed E-state index contributed by atoms with van der Waals surface area (Å²) in [5.41, 5.74) is 1.67. The molecule has 1 aromatic heterocycles. The van der Waals surface area contributed by atoms with E-state index in [9.17, 15) is 13.2 Å². The third-order valence-electron chi connectivity index (χ3n) is 7.48. The quantitative estimate of drug-likeness (QED) is 0.280. The molecule has 2 aliphatic rings. The number of anilines is 2. The second-order valence-electron chi connectivity index (χ2n) is 9.62. The number of furan rings is 1. The van der Waals surface area contributed by atoms with Crippen molar-refractivity contribution >= 4 is 49.9 Å². The molecular weight excluding hydrogens is 520 g/mol. The second kappa shape index (κ2) is 7.96. The van der Waals surface area contributed by atoms with Crippen molar-refractivity contribution in [2.75, 3.05) is 9.62 Å². The number of carbonyl (C=O) groups is 1. The van der Waals surface area contributed by atoms with Gasteiger partial charge in [0.25, 0.3) is 15.9 Å². The van der Waals surface area contributed by atoms with Crippen molar-refractivity contribution in [1.82, 2.24) is 0 Å². The molecule has 6 nitrogen and oxygen atoms in total. The Morgan fingerprint density at radius 3 is 2.37 bits per heavy atom. The van der Waals surface area contributed by atoms with Crippen LogP contribution in [0.2, 0.25) is 5.02 Å². The lowest BCUT2D eigenvalue weighted by Gasteiger charge is -2.38. The molecule has 0 aliphatic carbocycles. The smallest absolute Gasteiger partial charge is 0.265 e. The molecule has 0 radical (unpaired) electrons. The molecule has 0 bridgehead atoms. The first-order valence-electron chi connectivity index (χ1n) is 12.1. The minimum atomic E-state index is -4.30. The first-order valence-corrected chi connectivity index (χ1v) is 14.0. The number of nitrogens with one attached hydrogen (secondary N) is 1. The van der Waals surface area contributed by atoms with Crippen LogP contribution in [0.5, 0.6) is 0 Å². The second-order valence-corrected chi connectivity index (χ2v) is 11.8. The van der Waals surface area contributed by atoms with E-state index in [1.165, 1.54) is 4.31 Å². The van der Waals surface area contributed by atoms with Crippen LogP contribution >= 0.6 is 11.6 Å². The molecule has 0 fully saturated rings. The summed E-state index contributed by atoms with van der Waals surface area (Å²) in [7, 11) is -4.30. The van der Waals surface area contributed by atoms with Gasteiger partial charge in [-0.05, 0) is 48.9 Å². The maximum Gasteiger partial charge on any atom is 0.265 e. The number of sulfonamides is 1. The van der Waals surface area contributed by atoms with E-state index in [1.807, 2.05) is 55.5 Å². The van der Waals surface area contributed by atoms with E-state index in [4.69, 9.17) is 16.0 Å². The summed E-state index contributed by atoms with van der Waals surface area (Å²) in [6, 6.07) is 28.4. The summed E-state index contributed by atoms with van der Waals surface area (Å²) in [6.45, 7) is 1.89. The fourth-order valence-corrected chi connectivity index (χ4v) is 8.02. The van der Waals surface area contributed by atoms with Gasteiger partial charge in [0, 0.05) is 21.7 Å². The number of rotatable bonds is 3. The summed E-state index contributed by atoms with van der Waals surface area (Å²) in [5.74, 6) is -0.885. The number of hydrogen-bond acceptors (Lipinski definition) is 4. The van der Waals surface area contributed by atoms with Crippen molar-refractivity contribution in [2.24, 2.45) is 0 Å². The third kappa shape index (κ3) is 2.88. The zero-order valence-electron chi connectivity index (χ0n) is 20.2. The molecule has 3 heterocycles. The molecule has 1 amide bonds. The molecule has 0 unspecified atom stereocenters. The van der Waals surface area contributed by atoms with Crippen molar-refractivity contribution in [3.8, 4) is 0 Å². The van der Waals surface area contributed by atoms with Gasteiger partial charge in [-0.2, -0.15) is 0 Å². The highest BCUT2D eigenvalue weighted by molar-refractivity contribution is 7.93. The number of benzene rings is 4. The molecule has 2 aliphatic heterocycles. The average molecular weight is 541 g/mol. The van der Waals surface area contributed by atoms with Crippen LogP contribution in [0.4, 0.5) is 11.4 Å². The molecule has 1 spiro atoms. The summed E-state index contributed by atoms with van der Waals surface area (Å²) >= 11 is 6.82. The normalized spacial score (nSPS) is 20.1. The number of para-hydroxylation sites is 1. The highest BCUT2D eigenvalue weighted by atomic mass is 35.5. The Kier molecular flexibility index (Phi) is 4.84. The monoisotopic (exact) mass is 540 g/mol. The molecule has 5 aromatic rings. The Morgan fingerprint density at radius 2 is 1.61 bits per heavy atom. The van der Waals surface area contributed by atoms with Gasteiger partial charge in [0.2, 0.25) is 0 Å². The van der Waals surface area contributed by atoms with Crippen molar-refractivity contribution in [3.05, 3.63) is 125 Å². The number of nitrogens with zero attached hydrogens (tertiary/aromatic N) is 1. The average Bonchev–Trinajstić information content (AvgIpc) is 3.52. The predicted octanol–water partition coefficient (Wildman–Crippen LogP) is 6.58. The molecule has 4 aromatic carbocycles. The first-order chi connectivity index (χ1) is 18.3. The topological polar surface area (TPSA) is 79.6 Å².